The van der Waals surface area contributed by atoms with Crippen LogP contribution >= 0.6 is 0 Å². The third-order valence-corrected chi connectivity index (χ3v) is 2.80. The number of aryl methyl sites for hydroxylation is 1. The van der Waals surface area contributed by atoms with Crippen LogP contribution in [0.1, 0.15) is 23.0 Å². The Morgan fingerprint density at radius 3 is 3.10 bits per heavy atom. The van der Waals surface area contributed by atoms with Gasteiger partial charge in [-0.2, -0.15) is 10.2 Å². The summed E-state index contributed by atoms with van der Waals surface area (Å²) in [5.41, 5.74) is 2.10. The summed E-state index contributed by atoms with van der Waals surface area (Å²) in [6.07, 6.45) is 6.47. The SMILES string of the molecule is CCOC(=O)c1cnn(-c2nccn3nc(C)cc23)c1. The third-order valence-electron chi connectivity index (χ3n) is 2.80. The van der Waals surface area contributed by atoms with Gasteiger partial charge >= 0.3 is 5.97 Å². The average Bonchev–Trinajstić information content (AvgIpc) is 3.03. The van der Waals surface area contributed by atoms with Crippen molar-refractivity contribution in [2.45, 2.75) is 13.8 Å². The zero-order valence-electron chi connectivity index (χ0n) is 11.1. The molecular weight excluding hydrogens is 258 g/mol. The van der Waals surface area contributed by atoms with Crippen LogP contribution < -0.4 is 0 Å². The largest absolute Gasteiger partial charge is 0.462 e. The smallest absolute Gasteiger partial charge is 0.341 e. The van der Waals surface area contributed by atoms with Gasteiger partial charge < -0.3 is 4.74 Å². The van der Waals surface area contributed by atoms with E-state index >= 15 is 0 Å². The van der Waals surface area contributed by atoms with Crippen LogP contribution in [0.2, 0.25) is 0 Å². The fourth-order valence-corrected chi connectivity index (χ4v) is 1.97. The van der Waals surface area contributed by atoms with Crippen molar-refractivity contribution in [2.75, 3.05) is 6.61 Å². The number of ether oxygens (including phenoxy) is 1. The van der Waals surface area contributed by atoms with E-state index in [0.717, 1.165) is 11.2 Å². The van der Waals surface area contributed by atoms with Gasteiger partial charge in [-0.3, -0.25) is 0 Å². The lowest BCUT2D eigenvalue weighted by molar-refractivity contribution is 0.0526. The number of esters is 1. The van der Waals surface area contributed by atoms with Crippen LogP contribution in [0.15, 0.2) is 30.9 Å². The van der Waals surface area contributed by atoms with Crippen LogP contribution in [-0.2, 0) is 4.74 Å². The Balaban J connectivity index is 2.05. The normalized spacial score (nSPS) is 10.9. The maximum absolute atomic E-state index is 11.6. The first-order chi connectivity index (χ1) is 9.69. The summed E-state index contributed by atoms with van der Waals surface area (Å²) in [5, 5.41) is 8.48. The summed E-state index contributed by atoms with van der Waals surface area (Å²) in [6.45, 7) is 4.00. The molecule has 7 heteroatoms. The predicted molar refractivity (Wildman–Crippen MR) is 70.8 cm³/mol. The molecule has 3 heterocycles. The molecule has 102 valence electrons. The molecule has 0 amide bonds. The standard InChI is InChI=1S/C13H13N5O2/c1-3-20-13(19)10-7-15-18(8-10)12-11-6-9(2)16-17(11)5-4-14-12/h4-8H,3H2,1-2H3. The highest BCUT2D eigenvalue weighted by Crippen LogP contribution is 2.14. The monoisotopic (exact) mass is 271 g/mol. The zero-order valence-corrected chi connectivity index (χ0v) is 11.1. The lowest BCUT2D eigenvalue weighted by Crippen LogP contribution is -2.04. The topological polar surface area (TPSA) is 74.3 Å². The molecule has 0 aliphatic heterocycles. The maximum atomic E-state index is 11.6. The molecule has 0 spiro atoms. The molecule has 0 saturated heterocycles. The number of carbonyl (C=O) groups is 1. The molecule has 0 aliphatic rings. The number of fused-ring (bicyclic) bond motifs is 1. The van der Waals surface area contributed by atoms with Gasteiger partial charge in [0.25, 0.3) is 0 Å². The molecule has 3 rings (SSSR count). The van der Waals surface area contributed by atoms with Crippen molar-refractivity contribution < 1.29 is 9.53 Å². The molecule has 0 atom stereocenters. The lowest BCUT2D eigenvalue weighted by Gasteiger charge is -2.01. The third kappa shape index (κ3) is 2.03. The minimum atomic E-state index is -0.393. The minimum absolute atomic E-state index is 0.333. The van der Waals surface area contributed by atoms with Crippen LogP contribution in [-0.4, -0.2) is 37.0 Å². The highest BCUT2D eigenvalue weighted by Gasteiger charge is 2.13. The van der Waals surface area contributed by atoms with Gasteiger partial charge in [0.05, 0.1) is 24.1 Å². The first kappa shape index (κ1) is 12.3. The summed E-state index contributed by atoms with van der Waals surface area (Å²) in [5.74, 6) is 0.221. The average molecular weight is 271 g/mol. The van der Waals surface area contributed by atoms with Crippen LogP contribution in [0.5, 0.6) is 0 Å². The summed E-state index contributed by atoms with van der Waals surface area (Å²) in [4.78, 5) is 15.9. The molecule has 0 aliphatic carbocycles. The second kappa shape index (κ2) is 4.76. The molecule has 0 saturated carbocycles. The Labute approximate surface area is 114 Å². The first-order valence-electron chi connectivity index (χ1n) is 6.22. The zero-order chi connectivity index (χ0) is 14.1. The summed E-state index contributed by atoms with van der Waals surface area (Å²) < 4.78 is 8.21. The Morgan fingerprint density at radius 2 is 2.30 bits per heavy atom. The van der Waals surface area contributed by atoms with Crippen LogP contribution in [0.25, 0.3) is 11.3 Å². The van der Waals surface area contributed by atoms with E-state index in [-0.39, 0.29) is 0 Å². The van der Waals surface area contributed by atoms with Gasteiger partial charge in [0, 0.05) is 18.6 Å². The van der Waals surface area contributed by atoms with Crippen molar-refractivity contribution >= 4 is 11.5 Å². The molecule has 0 N–H and O–H groups in total. The van der Waals surface area contributed by atoms with E-state index in [1.54, 1.807) is 34.7 Å². The molecule has 0 radical (unpaired) electrons. The first-order valence-corrected chi connectivity index (χ1v) is 6.22. The predicted octanol–water partition coefficient (Wildman–Crippen LogP) is 1.40. The van der Waals surface area contributed by atoms with Crippen molar-refractivity contribution in [1.29, 1.82) is 0 Å². The van der Waals surface area contributed by atoms with Gasteiger partial charge in [-0.15, -0.1) is 0 Å². The number of carbonyl (C=O) groups excluding carboxylic acids is 1. The molecule has 3 aromatic heterocycles. The van der Waals surface area contributed by atoms with E-state index in [4.69, 9.17) is 4.74 Å². The Bertz CT molecular complexity index is 774. The fourth-order valence-electron chi connectivity index (χ4n) is 1.97. The fraction of sp³-hybridized carbons (Fsp3) is 0.231. The molecule has 0 bridgehead atoms. The number of nitrogens with zero attached hydrogens (tertiary/aromatic N) is 5. The number of hydrogen-bond acceptors (Lipinski definition) is 5. The Morgan fingerprint density at radius 1 is 1.45 bits per heavy atom. The second-order valence-corrected chi connectivity index (χ2v) is 4.26. The van der Waals surface area contributed by atoms with Crippen LogP contribution in [0, 0.1) is 6.92 Å². The molecule has 7 nitrogen and oxygen atoms in total. The maximum Gasteiger partial charge on any atom is 0.341 e. The van der Waals surface area contributed by atoms with Crippen molar-refractivity contribution in [3.8, 4) is 5.82 Å². The van der Waals surface area contributed by atoms with Gasteiger partial charge in [-0.1, -0.05) is 0 Å². The van der Waals surface area contributed by atoms with Crippen molar-refractivity contribution in [1.82, 2.24) is 24.4 Å². The van der Waals surface area contributed by atoms with E-state index in [0.29, 0.717) is 18.0 Å². The number of aromatic nitrogens is 5. The number of rotatable bonds is 3. The summed E-state index contributed by atoms with van der Waals surface area (Å²) >= 11 is 0. The van der Waals surface area contributed by atoms with Gasteiger partial charge in [0.1, 0.15) is 5.52 Å². The van der Waals surface area contributed by atoms with E-state index in [2.05, 4.69) is 15.2 Å². The van der Waals surface area contributed by atoms with E-state index in [1.807, 2.05) is 13.0 Å². The van der Waals surface area contributed by atoms with Crippen molar-refractivity contribution in [3.05, 3.63) is 42.1 Å². The molecule has 3 aromatic rings. The van der Waals surface area contributed by atoms with Crippen molar-refractivity contribution in [2.24, 2.45) is 0 Å². The Hall–Kier alpha value is -2.70. The molecule has 0 fully saturated rings. The number of hydrogen-bond donors (Lipinski definition) is 0. The summed E-state index contributed by atoms with van der Waals surface area (Å²) in [6, 6.07) is 1.91. The van der Waals surface area contributed by atoms with Gasteiger partial charge in [0.15, 0.2) is 5.82 Å². The van der Waals surface area contributed by atoms with Gasteiger partial charge in [-0.25, -0.2) is 19.0 Å². The van der Waals surface area contributed by atoms with Crippen LogP contribution in [0.3, 0.4) is 0 Å². The molecular formula is C13H13N5O2. The molecule has 20 heavy (non-hydrogen) atoms. The van der Waals surface area contributed by atoms with E-state index < -0.39 is 5.97 Å². The highest BCUT2D eigenvalue weighted by molar-refractivity contribution is 5.88. The van der Waals surface area contributed by atoms with Gasteiger partial charge in [-0.05, 0) is 19.9 Å². The van der Waals surface area contributed by atoms with E-state index in [1.165, 1.54) is 6.20 Å². The second-order valence-electron chi connectivity index (χ2n) is 4.26. The Kier molecular flexibility index (Phi) is 2.94. The van der Waals surface area contributed by atoms with Gasteiger partial charge in [0.2, 0.25) is 0 Å². The highest BCUT2D eigenvalue weighted by atomic mass is 16.5. The summed E-state index contributed by atoms with van der Waals surface area (Å²) in [7, 11) is 0. The quantitative estimate of drug-likeness (QED) is 0.673. The lowest BCUT2D eigenvalue weighted by atomic mass is 10.4. The van der Waals surface area contributed by atoms with Crippen LogP contribution in [0.4, 0.5) is 0 Å². The minimum Gasteiger partial charge on any atom is -0.462 e. The van der Waals surface area contributed by atoms with E-state index in [9.17, 15) is 4.79 Å². The van der Waals surface area contributed by atoms with Crippen molar-refractivity contribution in [3.63, 3.8) is 0 Å². The molecule has 0 unspecified atom stereocenters. The molecule has 0 aromatic carbocycles.